The molecule has 5 heteroatoms. The molecule has 0 amide bonds. The quantitative estimate of drug-likeness (QED) is 0.606. The first-order chi connectivity index (χ1) is 11.2. The van der Waals surface area contributed by atoms with Crippen LogP contribution < -0.4 is 4.90 Å². The van der Waals surface area contributed by atoms with Gasteiger partial charge >= 0.3 is 0 Å². The number of hydrogen-bond acceptors (Lipinski definition) is 3. The van der Waals surface area contributed by atoms with Crippen LogP contribution in [0.25, 0.3) is 11.0 Å². The fraction of sp³-hybridized carbons (Fsp3) is 0.278. The van der Waals surface area contributed by atoms with Gasteiger partial charge in [-0.05, 0) is 34.2 Å². The average Bonchev–Trinajstić information content (AvgIpc) is 2.81. The molecule has 0 spiro atoms. The number of rotatable bonds is 4. The van der Waals surface area contributed by atoms with Crippen molar-refractivity contribution in [1.29, 1.82) is 0 Å². The van der Waals surface area contributed by atoms with E-state index in [2.05, 4.69) is 61.4 Å². The van der Waals surface area contributed by atoms with Crippen molar-refractivity contribution in [3.05, 3.63) is 57.9 Å². The van der Waals surface area contributed by atoms with Gasteiger partial charge in [-0.3, -0.25) is 0 Å². The number of anilines is 1. The maximum absolute atomic E-state index is 5.96. The predicted octanol–water partition coefficient (Wildman–Crippen LogP) is 3.58. The van der Waals surface area contributed by atoms with Crippen LogP contribution in [0.1, 0.15) is 5.56 Å². The first-order valence-electron chi connectivity index (χ1n) is 7.72. The summed E-state index contributed by atoms with van der Waals surface area (Å²) in [6.07, 6.45) is 4.39. The second kappa shape index (κ2) is 6.13. The highest BCUT2D eigenvalue weighted by Gasteiger charge is 2.28. The Balaban J connectivity index is 1.39. The molecule has 1 aliphatic heterocycles. The van der Waals surface area contributed by atoms with Gasteiger partial charge < -0.3 is 14.2 Å². The van der Waals surface area contributed by atoms with Crippen molar-refractivity contribution in [2.75, 3.05) is 18.0 Å². The Kier molecular flexibility index (Phi) is 3.98. The summed E-state index contributed by atoms with van der Waals surface area (Å²) in [5, 5.41) is 1.22. The molecule has 1 aromatic carbocycles. The molecule has 4 nitrogen and oxygen atoms in total. The number of ether oxygens (including phenoxy) is 1. The van der Waals surface area contributed by atoms with Crippen molar-refractivity contribution in [3.8, 4) is 0 Å². The minimum Gasteiger partial charge on any atom is -0.370 e. The second-order valence-electron chi connectivity index (χ2n) is 5.98. The van der Waals surface area contributed by atoms with Crippen molar-refractivity contribution in [3.63, 3.8) is 0 Å². The fourth-order valence-electron chi connectivity index (χ4n) is 2.92. The Labute approximate surface area is 149 Å². The molecular formula is C18H18IN3O. The minimum atomic E-state index is 0.306. The third-order valence-corrected chi connectivity index (χ3v) is 5.15. The highest BCUT2D eigenvalue weighted by Crippen LogP contribution is 2.28. The summed E-state index contributed by atoms with van der Waals surface area (Å²) in [6, 6.07) is 12.6. The van der Waals surface area contributed by atoms with Crippen molar-refractivity contribution in [2.24, 2.45) is 7.05 Å². The van der Waals surface area contributed by atoms with E-state index in [4.69, 9.17) is 4.74 Å². The first-order valence-corrected chi connectivity index (χ1v) is 8.79. The Morgan fingerprint density at radius 3 is 2.83 bits per heavy atom. The molecule has 0 aliphatic carbocycles. The average molecular weight is 419 g/mol. The molecular weight excluding hydrogens is 401 g/mol. The second-order valence-corrected chi connectivity index (χ2v) is 7.14. The number of aromatic nitrogens is 2. The zero-order valence-corrected chi connectivity index (χ0v) is 15.1. The van der Waals surface area contributed by atoms with Crippen LogP contribution in [0, 0.1) is 3.57 Å². The van der Waals surface area contributed by atoms with Crippen LogP contribution in [0.15, 0.2) is 48.8 Å². The lowest BCUT2D eigenvalue weighted by atomic mass is 10.1. The molecule has 118 valence electrons. The lowest BCUT2D eigenvalue weighted by molar-refractivity contribution is 0.0224. The molecule has 0 radical (unpaired) electrons. The summed E-state index contributed by atoms with van der Waals surface area (Å²) in [5.41, 5.74) is 3.45. The van der Waals surface area contributed by atoms with E-state index in [9.17, 15) is 0 Å². The van der Waals surface area contributed by atoms with Crippen LogP contribution >= 0.6 is 22.6 Å². The number of pyridine rings is 1. The third-order valence-electron chi connectivity index (χ3n) is 4.29. The molecule has 2 aromatic heterocycles. The van der Waals surface area contributed by atoms with Gasteiger partial charge in [-0.1, -0.05) is 30.3 Å². The van der Waals surface area contributed by atoms with Crippen molar-refractivity contribution in [1.82, 2.24) is 9.55 Å². The number of benzene rings is 1. The molecule has 3 aromatic rings. The summed E-state index contributed by atoms with van der Waals surface area (Å²) in [6.45, 7) is 2.56. The summed E-state index contributed by atoms with van der Waals surface area (Å²) in [7, 11) is 2.04. The summed E-state index contributed by atoms with van der Waals surface area (Å²) in [5.74, 6) is 0. The standard InChI is InChI=1S/C18H18IN3O/c1-21-11-17(19)16-7-14(8-20-18(16)21)22-9-15(10-22)23-12-13-5-3-2-4-6-13/h2-8,11,15H,9-10,12H2,1H3. The Hall–Kier alpha value is -1.60. The van der Waals surface area contributed by atoms with E-state index in [1.54, 1.807) is 0 Å². The monoisotopic (exact) mass is 419 g/mol. The molecule has 0 N–H and O–H groups in total. The molecule has 0 saturated carbocycles. The topological polar surface area (TPSA) is 30.3 Å². The molecule has 23 heavy (non-hydrogen) atoms. The van der Waals surface area contributed by atoms with Gasteiger partial charge in [-0.15, -0.1) is 0 Å². The summed E-state index contributed by atoms with van der Waals surface area (Å²) in [4.78, 5) is 6.92. The van der Waals surface area contributed by atoms with E-state index in [0.717, 1.165) is 18.7 Å². The zero-order chi connectivity index (χ0) is 15.8. The van der Waals surface area contributed by atoms with Crippen LogP contribution in [0.2, 0.25) is 0 Å². The van der Waals surface area contributed by atoms with Crippen LogP contribution in [0.3, 0.4) is 0 Å². The molecule has 1 saturated heterocycles. The third kappa shape index (κ3) is 2.95. The molecule has 4 rings (SSSR count). The minimum absolute atomic E-state index is 0.306. The fourth-order valence-corrected chi connectivity index (χ4v) is 3.73. The van der Waals surface area contributed by atoms with E-state index in [0.29, 0.717) is 12.7 Å². The lowest BCUT2D eigenvalue weighted by Gasteiger charge is -2.40. The van der Waals surface area contributed by atoms with Crippen LogP contribution in [-0.2, 0) is 18.4 Å². The molecule has 0 atom stereocenters. The highest BCUT2D eigenvalue weighted by molar-refractivity contribution is 14.1. The number of nitrogens with zero attached hydrogens (tertiary/aromatic N) is 3. The van der Waals surface area contributed by atoms with E-state index in [1.165, 1.54) is 20.2 Å². The molecule has 3 heterocycles. The summed E-state index contributed by atoms with van der Waals surface area (Å²) < 4.78 is 9.28. The lowest BCUT2D eigenvalue weighted by Crippen LogP contribution is -2.52. The molecule has 0 unspecified atom stereocenters. The van der Waals surface area contributed by atoms with Crippen molar-refractivity contribution < 1.29 is 4.74 Å². The number of aryl methyl sites for hydroxylation is 1. The van der Waals surface area contributed by atoms with E-state index >= 15 is 0 Å². The van der Waals surface area contributed by atoms with Gasteiger partial charge in [0.15, 0.2) is 0 Å². The van der Waals surface area contributed by atoms with Gasteiger partial charge in [0.05, 0.1) is 24.6 Å². The highest BCUT2D eigenvalue weighted by atomic mass is 127. The smallest absolute Gasteiger partial charge is 0.140 e. The van der Waals surface area contributed by atoms with Crippen molar-refractivity contribution >= 4 is 39.3 Å². The summed E-state index contributed by atoms with van der Waals surface area (Å²) >= 11 is 2.37. The van der Waals surface area contributed by atoms with Crippen LogP contribution in [0.5, 0.6) is 0 Å². The molecule has 1 fully saturated rings. The van der Waals surface area contributed by atoms with Crippen LogP contribution in [0.4, 0.5) is 5.69 Å². The van der Waals surface area contributed by atoms with Gasteiger partial charge in [-0.2, -0.15) is 0 Å². The zero-order valence-electron chi connectivity index (χ0n) is 12.9. The normalized spacial score (nSPS) is 15.1. The predicted molar refractivity (Wildman–Crippen MR) is 101 cm³/mol. The Bertz CT molecular complexity index is 825. The maximum atomic E-state index is 5.96. The Morgan fingerprint density at radius 2 is 2.04 bits per heavy atom. The van der Waals surface area contributed by atoms with Crippen molar-refractivity contribution in [2.45, 2.75) is 12.7 Å². The van der Waals surface area contributed by atoms with Gasteiger partial charge in [-0.25, -0.2) is 4.98 Å². The van der Waals surface area contributed by atoms with Gasteiger partial charge in [0.2, 0.25) is 0 Å². The maximum Gasteiger partial charge on any atom is 0.140 e. The first kappa shape index (κ1) is 15.0. The van der Waals surface area contributed by atoms with E-state index < -0.39 is 0 Å². The van der Waals surface area contributed by atoms with Gasteiger partial charge in [0, 0.05) is 35.3 Å². The number of hydrogen-bond donors (Lipinski definition) is 0. The molecule has 0 bridgehead atoms. The number of halogens is 1. The van der Waals surface area contributed by atoms with Gasteiger partial charge in [0.25, 0.3) is 0 Å². The SMILES string of the molecule is Cn1cc(I)c2cc(N3CC(OCc4ccccc4)C3)cnc21. The van der Waals surface area contributed by atoms with Gasteiger partial charge in [0.1, 0.15) is 5.65 Å². The molecule has 1 aliphatic rings. The Morgan fingerprint density at radius 1 is 1.26 bits per heavy atom. The van der Waals surface area contributed by atoms with Crippen LogP contribution in [-0.4, -0.2) is 28.7 Å². The van der Waals surface area contributed by atoms with E-state index in [1.807, 2.05) is 31.4 Å². The largest absolute Gasteiger partial charge is 0.370 e. The number of fused-ring (bicyclic) bond motifs is 1. The van der Waals surface area contributed by atoms with E-state index in [-0.39, 0.29) is 0 Å².